The Morgan fingerprint density at radius 2 is 2.19 bits per heavy atom. The van der Waals surface area contributed by atoms with Crippen LogP contribution in [0.5, 0.6) is 5.75 Å². The van der Waals surface area contributed by atoms with Crippen LogP contribution < -0.4 is 10.5 Å². The molecular formula is C10H13BrClNO3. The number of methoxy groups -OCH3 is 1. The molecule has 0 radical (unpaired) electrons. The van der Waals surface area contributed by atoms with Gasteiger partial charge in [0, 0.05) is 12.1 Å². The standard InChI is InChI=1S/C10H12BrNO3.ClH/c1-15-10-7(4-9(13)14)2-6(5-12)3-8(10)11;/h2-3H,4-5,12H2,1H3,(H,13,14);1H. The first-order valence-corrected chi connectivity index (χ1v) is 5.15. The van der Waals surface area contributed by atoms with E-state index in [9.17, 15) is 4.79 Å². The zero-order valence-electron chi connectivity index (χ0n) is 8.70. The van der Waals surface area contributed by atoms with E-state index in [1.165, 1.54) is 7.11 Å². The van der Waals surface area contributed by atoms with Crippen LogP contribution in [-0.2, 0) is 17.8 Å². The summed E-state index contributed by atoms with van der Waals surface area (Å²) in [7, 11) is 1.51. The number of carboxylic acids is 1. The number of carbonyl (C=O) groups is 1. The van der Waals surface area contributed by atoms with Crippen LogP contribution in [0.25, 0.3) is 0 Å². The van der Waals surface area contributed by atoms with Crippen molar-refractivity contribution in [3.05, 3.63) is 27.7 Å². The summed E-state index contributed by atoms with van der Waals surface area (Å²) in [5.41, 5.74) is 7.00. The van der Waals surface area contributed by atoms with Gasteiger partial charge in [0.05, 0.1) is 18.0 Å². The molecule has 3 N–H and O–H groups in total. The van der Waals surface area contributed by atoms with Gasteiger partial charge < -0.3 is 15.6 Å². The molecule has 1 aromatic carbocycles. The van der Waals surface area contributed by atoms with E-state index < -0.39 is 5.97 Å². The molecule has 4 nitrogen and oxygen atoms in total. The summed E-state index contributed by atoms with van der Waals surface area (Å²) in [5.74, 6) is -0.344. The first-order valence-electron chi connectivity index (χ1n) is 4.35. The van der Waals surface area contributed by atoms with Gasteiger partial charge in [0.15, 0.2) is 0 Å². The fourth-order valence-corrected chi connectivity index (χ4v) is 2.06. The number of hydrogen-bond donors (Lipinski definition) is 2. The Morgan fingerprint density at radius 1 is 1.56 bits per heavy atom. The lowest BCUT2D eigenvalue weighted by atomic mass is 10.1. The Hall–Kier alpha value is -0.780. The third-order valence-corrected chi connectivity index (χ3v) is 2.55. The highest BCUT2D eigenvalue weighted by molar-refractivity contribution is 9.10. The van der Waals surface area contributed by atoms with Crippen molar-refractivity contribution in [3.8, 4) is 5.75 Å². The molecule has 0 amide bonds. The molecule has 0 atom stereocenters. The molecule has 0 unspecified atom stereocenters. The predicted octanol–water partition coefficient (Wildman–Crippen LogP) is 1.97. The van der Waals surface area contributed by atoms with Crippen LogP contribution in [0.15, 0.2) is 16.6 Å². The lowest BCUT2D eigenvalue weighted by Crippen LogP contribution is -2.05. The van der Waals surface area contributed by atoms with E-state index in [0.717, 1.165) is 10.0 Å². The number of halogens is 2. The largest absolute Gasteiger partial charge is 0.495 e. The van der Waals surface area contributed by atoms with E-state index in [1.54, 1.807) is 6.07 Å². The van der Waals surface area contributed by atoms with E-state index >= 15 is 0 Å². The van der Waals surface area contributed by atoms with Crippen molar-refractivity contribution in [1.82, 2.24) is 0 Å². The molecule has 0 bridgehead atoms. The molecule has 0 aromatic heterocycles. The molecule has 0 aliphatic rings. The van der Waals surface area contributed by atoms with Crippen LogP contribution in [0.4, 0.5) is 0 Å². The van der Waals surface area contributed by atoms with Crippen molar-refractivity contribution in [1.29, 1.82) is 0 Å². The number of carboxylic acid groups (broad SMARTS) is 1. The Kier molecular flexibility index (Phi) is 6.40. The molecule has 16 heavy (non-hydrogen) atoms. The van der Waals surface area contributed by atoms with Gasteiger partial charge in [0.2, 0.25) is 0 Å². The van der Waals surface area contributed by atoms with Crippen LogP contribution >= 0.6 is 28.3 Å². The average molecular weight is 311 g/mol. The highest BCUT2D eigenvalue weighted by Gasteiger charge is 2.12. The molecule has 0 spiro atoms. The van der Waals surface area contributed by atoms with Crippen molar-refractivity contribution in [2.75, 3.05) is 7.11 Å². The van der Waals surface area contributed by atoms with Crippen LogP contribution in [-0.4, -0.2) is 18.2 Å². The van der Waals surface area contributed by atoms with E-state index in [-0.39, 0.29) is 18.8 Å². The molecular weight excluding hydrogens is 297 g/mol. The van der Waals surface area contributed by atoms with Crippen molar-refractivity contribution in [3.63, 3.8) is 0 Å². The summed E-state index contributed by atoms with van der Waals surface area (Å²) in [5, 5.41) is 8.74. The van der Waals surface area contributed by atoms with Crippen molar-refractivity contribution < 1.29 is 14.6 Å². The van der Waals surface area contributed by atoms with Crippen LogP contribution in [0, 0.1) is 0 Å². The molecule has 0 saturated carbocycles. The van der Waals surface area contributed by atoms with Gasteiger partial charge in [-0.25, -0.2) is 0 Å². The summed E-state index contributed by atoms with van der Waals surface area (Å²) in [6, 6.07) is 3.57. The van der Waals surface area contributed by atoms with E-state index in [2.05, 4.69) is 15.9 Å². The third-order valence-electron chi connectivity index (χ3n) is 1.96. The second-order valence-electron chi connectivity index (χ2n) is 3.04. The quantitative estimate of drug-likeness (QED) is 0.892. The molecule has 0 aliphatic heterocycles. The molecule has 90 valence electrons. The Balaban J connectivity index is 0.00000225. The predicted molar refractivity (Wildman–Crippen MR) is 67.2 cm³/mol. The molecule has 6 heteroatoms. The lowest BCUT2D eigenvalue weighted by molar-refractivity contribution is -0.136. The maximum absolute atomic E-state index is 10.6. The fourth-order valence-electron chi connectivity index (χ4n) is 1.35. The summed E-state index contributed by atoms with van der Waals surface area (Å²) >= 11 is 3.32. The summed E-state index contributed by atoms with van der Waals surface area (Å²) < 4.78 is 5.85. The molecule has 0 saturated heterocycles. The van der Waals surface area contributed by atoms with Gasteiger partial charge in [0.1, 0.15) is 5.75 Å². The Labute approximate surface area is 108 Å². The molecule has 0 aliphatic carbocycles. The van der Waals surface area contributed by atoms with E-state index in [4.69, 9.17) is 15.6 Å². The van der Waals surface area contributed by atoms with Gasteiger partial charge in [-0.1, -0.05) is 6.07 Å². The normalized spacial score (nSPS) is 9.44. The first kappa shape index (κ1) is 15.2. The number of nitrogens with two attached hydrogens (primary N) is 1. The smallest absolute Gasteiger partial charge is 0.307 e. The maximum Gasteiger partial charge on any atom is 0.307 e. The van der Waals surface area contributed by atoms with Gasteiger partial charge in [-0.15, -0.1) is 12.4 Å². The second kappa shape index (κ2) is 6.73. The highest BCUT2D eigenvalue weighted by Crippen LogP contribution is 2.30. The number of rotatable bonds is 4. The monoisotopic (exact) mass is 309 g/mol. The molecule has 0 fully saturated rings. The van der Waals surface area contributed by atoms with Crippen molar-refractivity contribution in [2.45, 2.75) is 13.0 Å². The zero-order valence-corrected chi connectivity index (χ0v) is 11.1. The minimum absolute atomic E-state index is 0. The molecule has 1 aromatic rings. The number of hydrogen-bond acceptors (Lipinski definition) is 3. The second-order valence-corrected chi connectivity index (χ2v) is 3.90. The zero-order chi connectivity index (χ0) is 11.4. The van der Waals surface area contributed by atoms with Crippen molar-refractivity contribution >= 4 is 34.3 Å². The fraction of sp³-hybridized carbons (Fsp3) is 0.300. The Morgan fingerprint density at radius 3 is 2.62 bits per heavy atom. The summed E-state index contributed by atoms with van der Waals surface area (Å²) in [4.78, 5) is 10.6. The molecule has 0 heterocycles. The van der Waals surface area contributed by atoms with Crippen molar-refractivity contribution in [2.24, 2.45) is 5.73 Å². The average Bonchev–Trinajstić information content (AvgIpc) is 2.16. The summed E-state index contributed by atoms with van der Waals surface area (Å²) in [6.07, 6.45) is -0.0738. The highest BCUT2D eigenvalue weighted by atomic mass is 79.9. The maximum atomic E-state index is 10.6. The lowest BCUT2D eigenvalue weighted by Gasteiger charge is -2.10. The SMILES string of the molecule is COc1c(Br)cc(CN)cc1CC(=O)O.Cl. The Bertz CT molecular complexity index is 385. The van der Waals surface area contributed by atoms with Gasteiger partial charge in [-0.2, -0.15) is 0 Å². The van der Waals surface area contributed by atoms with Crippen LogP contribution in [0.3, 0.4) is 0 Å². The van der Waals surface area contributed by atoms with E-state index in [1.807, 2.05) is 6.07 Å². The minimum atomic E-state index is -0.894. The number of benzene rings is 1. The number of aliphatic carboxylic acids is 1. The third kappa shape index (κ3) is 3.66. The van der Waals surface area contributed by atoms with Gasteiger partial charge in [0.25, 0.3) is 0 Å². The van der Waals surface area contributed by atoms with Crippen LogP contribution in [0.2, 0.25) is 0 Å². The first-order chi connectivity index (χ1) is 7.08. The topological polar surface area (TPSA) is 72.5 Å². The minimum Gasteiger partial charge on any atom is -0.495 e. The van der Waals surface area contributed by atoms with Gasteiger partial charge in [-0.3, -0.25) is 4.79 Å². The van der Waals surface area contributed by atoms with E-state index in [0.29, 0.717) is 17.9 Å². The number of ether oxygens (including phenoxy) is 1. The molecule has 1 rings (SSSR count). The van der Waals surface area contributed by atoms with Crippen LogP contribution in [0.1, 0.15) is 11.1 Å². The van der Waals surface area contributed by atoms with Gasteiger partial charge >= 0.3 is 5.97 Å². The van der Waals surface area contributed by atoms with Gasteiger partial charge in [-0.05, 0) is 27.6 Å². The summed E-state index contributed by atoms with van der Waals surface area (Å²) in [6.45, 7) is 0.370.